The first-order valence-corrected chi connectivity index (χ1v) is 5.36. The quantitative estimate of drug-likeness (QED) is 0.440. The van der Waals surface area contributed by atoms with Crippen molar-refractivity contribution in [3.63, 3.8) is 0 Å². The predicted octanol–water partition coefficient (Wildman–Crippen LogP) is 2.70. The van der Waals surface area contributed by atoms with Gasteiger partial charge in [-0.1, -0.05) is 27.5 Å². The lowest BCUT2D eigenvalue weighted by Crippen LogP contribution is -2.07. The van der Waals surface area contributed by atoms with Crippen molar-refractivity contribution in [3.8, 4) is 0 Å². The Hall–Kier alpha value is -0.760. The fourth-order valence-corrected chi connectivity index (χ4v) is 1.54. The maximum absolute atomic E-state index is 11.3. The Labute approximate surface area is 95.7 Å². The first-order chi connectivity index (χ1) is 6.69. The summed E-state index contributed by atoms with van der Waals surface area (Å²) in [6.07, 6.45) is 4.88. The van der Waals surface area contributed by atoms with E-state index in [1.165, 1.54) is 7.11 Å². The molecule has 14 heavy (non-hydrogen) atoms. The minimum absolute atomic E-state index is 0.386. The van der Waals surface area contributed by atoms with Crippen molar-refractivity contribution in [1.29, 1.82) is 0 Å². The van der Waals surface area contributed by atoms with Gasteiger partial charge >= 0.3 is 5.97 Å². The predicted molar refractivity (Wildman–Crippen MR) is 59.4 cm³/mol. The molecular formula is C10H8BrClO2. The third kappa shape index (κ3) is 2.61. The average molecular weight is 276 g/mol. The second kappa shape index (κ2) is 5.20. The van der Waals surface area contributed by atoms with Gasteiger partial charge in [-0.25, -0.2) is 4.79 Å². The van der Waals surface area contributed by atoms with E-state index in [1.54, 1.807) is 18.2 Å². The van der Waals surface area contributed by atoms with E-state index >= 15 is 0 Å². The van der Waals surface area contributed by atoms with Crippen LogP contribution in [0.4, 0.5) is 0 Å². The van der Waals surface area contributed by atoms with Crippen molar-refractivity contribution in [2.45, 2.75) is 0 Å². The molecule has 2 nitrogen and oxygen atoms in total. The van der Waals surface area contributed by atoms with Crippen LogP contribution in [0, 0.1) is 0 Å². The van der Waals surface area contributed by atoms with Gasteiger partial charge in [0.15, 0.2) is 0 Å². The van der Waals surface area contributed by atoms with Crippen molar-refractivity contribution in [1.82, 2.24) is 0 Å². The molecule has 1 aliphatic rings. The number of hydrogen-bond acceptors (Lipinski definition) is 2. The van der Waals surface area contributed by atoms with Gasteiger partial charge in [-0.2, -0.15) is 0 Å². The molecule has 0 aromatic rings. The van der Waals surface area contributed by atoms with Crippen LogP contribution in [0.5, 0.6) is 0 Å². The molecule has 1 rings (SSSR count). The lowest BCUT2D eigenvalue weighted by molar-refractivity contribution is -0.135. The van der Waals surface area contributed by atoms with Gasteiger partial charge in [0.1, 0.15) is 0 Å². The molecule has 0 amide bonds. The molecule has 0 bridgehead atoms. The molecule has 0 N–H and O–H groups in total. The molecule has 0 spiro atoms. The molecule has 0 saturated heterocycles. The van der Waals surface area contributed by atoms with Crippen LogP contribution in [0.3, 0.4) is 0 Å². The normalized spacial score (nSPS) is 15.2. The number of alkyl halides is 1. The van der Waals surface area contributed by atoms with E-state index in [1.807, 2.05) is 0 Å². The zero-order chi connectivity index (χ0) is 10.6. The van der Waals surface area contributed by atoms with Crippen molar-refractivity contribution >= 4 is 33.5 Å². The molecule has 0 saturated carbocycles. The van der Waals surface area contributed by atoms with E-state index in [4.69, 9.17) is 11.6 Å². The van der Waals surface area contributed by atoms with Crippen molar-refractivity contribution in [3.05, 3.63) is 40.1 Å². The summed E-state index contributed by atoms with van der Waals surface area (Å²) in [6, 6.07) is 0. The zero-order valence-electron chi connectivity index (χ0n) is 7.51. The first-order valence-electron chi connectivity index (χ1n) is 3.86. The van der Waals surface area contributed by atoms with E-state index in [0.29, 0.717) is 15.9 Å². The fourth-order valence-electron chi connectivity index (χ4n) is 0.957. The Kier molecular flexibility index (Phi) is 4.21. The smallest absolute Gasteiger partial charge is 0.338 e. The van der Waals surface area contributed by atoms with E-state index in [-0.39, 0.29) is 5.97 Å². The number of carbonyl (C=O) groups is 1. The van der Waals surface area contributed by atoms with Crippen molar-refractivity contribution in [2.75, 3.05) is 12.4 Å². The Bertz CT molecular complexity index is 374. The number of halogens is 2. The summed E-state index contributed by atoms with van der Waals surface area (Å²) in [5, 5.41) is 1.06. The molecule has 0 radical (unpaired) electrons. The third-order valence-corrected chi connectivity index (χ3v) is 2.45. The monoisotopic (exact) mass is 274 g/mol. The highest BCUT2D eigenvalue weighted by molar-refractivity contribution is 9.09. The maximum Gasteiger partial charge on any atom is 0.338 e. The number of ether oxygens (including phenoxy) is 1. The number of carbonyl (C=O) groups excluding carboxylic acids is 1. The molecule has 0 aromatic carbocycles. The van der Waals surface area contributed by atoms with Gasteiger partial charge in [-0.05, 0) is 18.2 Å². The Morgan fingerprint density at radius 3 is 2.93 bits per heavy atom. The SMILES string of the molecule is COC(=O)C1=CC=C(Cl)C=C=C1CBr. The standard InChI is InChI=1S/C10H8BrClO2/c1-14-10(13)9-5-4-8(12)3-2-7(9)6-11/h3-5H,6H2,1H3. The average Bonchev–Trinajstić information content (AvgIpc) is 2.39. The third-order valence-electron chi connectivity index (χ3n) is 1.66. The second-order valence-electron chi connectivity index (χ2n) is 2.52. The molecule has 1 aliphatic carbocycles. The number of rotatable bonds is 2. The van der Waals surface area contributed by atoms with Crippen LogP contribution in [0.25, 0.3) is 0 Å². The van der Waals surface area contributed by atoms with Crippen LogP contribution in [-0.4, -0.2) is 18.4 Å². The highest BCUT2D eigenvalue weighted by Crippen LogP contribution is 2.18. The summed E-state index contributed by atoms with van der Waals surface area (Å²) in [6.45, 7) is 0. The zero-order valence-corrected chi connectivity index (χ0v) is 9.85. The Morgan fingerprint density at radius 2 is 2.36 bits per heavy atom. The highest BCUT2D eigenvalue weighted by atomic mass is 79.9. The van der Waals surface area contributed by atoms with Gasteiger partial charge in [0.2, 0.25) is 0 Å². The summed E-state index contributed by atoms with van der Waals surface area (Å²) < 4.78 is 4.64. The molecular weight excluding hydrogens is 267 g/mol. The lowest BCUT2D eigenvalue weighted by atomic mass is 10.1. The molecule has 0 unspecified atom stereocenters. The van der Waals surface area contributed by atoms with E-state index < -0.39 is 0 Å². The van der Waals surface area contributed by atoms with Crippen molar-refractivity contribution < 1.29 is 9.53 Å². The van der Waals surface area contributed by atoms with E-state index in [9.17, 15) is 4.79 Å². The minimum atomic E-state index is -0.386. The van der Waals surface area contributed by atoms with E-state index in [2.05, 4.69) is 26.4 Å². The number of allylic oxidation sites excluding steroid dienone is 3. The van der Waals surface area contributed by atoms with E-state index in [0.717, 1.165) is 5.57 Å². The van der Waals surface area contributed by atoms with Crippen LogP contribution < -0.4 is 0 Å². The Morgan fingerprint density at radius 1 is 1.64 bits per heavy atom. The molecule has 0 aromatic heterocycles. The molecule has 0 fully saturated rings. The van der Waals surface area contributed by atoms with Gasteiger partial charge < -0.3 is 4.74 Å². The topological polar surface area (TPSA) is 26.3 Å². The fraction of sp³-hybridized carbons (Fsp3) is 0.200. The van der Waals surface area contributed by atoms with Gasteiger partial charge in [0.05, 0.1) is 12.7 Å². The maximum atomic E-state index is 11.3. The summed E-state index contributed by atoms with van der Waals surface area (Å²) in [7, 11) is 1.34. The van der Waals surface area contributed by atoms with Crippen LogP contribution >= 0.6 is 27.5 Å². The summed E-state index contributed by atoms with van der Waals surface area (Å²) in [5.41, 5.74) is 4.12. The molecule has 4 heteroatoms. The lowest BCUT2D eigenvalue weighted by Gasteiger charge is -2.03. The molecule has 0 heterocycles. The summed E-state index contributed by atoms with van der Waals surface area (Å²) in [5.74, 6) is -0.386. The second-order valence-corrected chi connectivity index (χ2v) is 3.52. The van der Waals surface area contributed by atoms with Crippen LogP contribution in [0.15, 0.2) is 40.1 Å². The molecule has 0 aliphatic heterocycles. The van der Waals surface area contributed by atoms with Gasteiger partial charge in [-0.3, -0.25) is 0 Å². The van der Waals surface area contributed by atoms with Crippen LogP contribution in [0.2, 0.25) is 0 Å². The van der Waals surface area contributed by atoms with Crippen molar-refractivity contribution in [2.24, 2.45) is 0 Å². The van der Waals surface area contributed by atoms with Gasteiger partial charge in [0.25, 0.3) is 0 Å². The van der Waals surface area contributed by atoms with Crippen LogP contribution in [0.1, 0.15) is 0 Å². The summed E-state index contributed by atoms with van der Waals surface area (Å²) >= 11 is 9.04. The van der Waals surface area contributed by atoms with Gasteiger partial charge in [0, 0.05) is 15.9 Å². The number of methoxy groups -OCH3 is 1. The molecule has 74 valence electrons. The summed E-state index contributed by atoms with van der Waals surface area (Å²) in [4.78, 5) is 11.3. The minimum Gasteiger partial charge on any atom is -0.465 e. The first kappa shape index (κ1) is 11.3. The number of hydrogen-bond donors (Lipinski definition) is 0. The highest BCUT2D eigenvalue weighted by Gasteiger charge is 2.14. The largest absolute Gasteiger partial charge is 0.465 e. The van der Waals surface area contributed by atoms with Gasteiger partial charge in [-0.15, -0.1) is 5.73 Å². The molecule has 0 atom stereocenters. The number of esters is 1. The Balaban J connectivity index is 3.14. The van der Waals surface area contributed by atoms with Crippen LogP contribution in [-0.2, 0) is 9.53 Å².